The maximum absolute atomic E-state index is 5.92. The molecule has 1 heterocycles. The van der Waals surface area contributed by atoms with E-state index in [0.717, 1.165) is 36.9 Å². The summed E-state index contributed by atoms with van der Waals surface area (Å²) in [6.07, 6.45) is 3.24. The van der Waals surface area contributed by atoms with Crippen LogP contribution < -0.4 is 5.73 Å². The molecule has 1 fully saturated rings. The van der Waals surface area contributed by atoms with E-state index in [2.05, 4.69) is 41.1 Å². The summed E-state index contributed by atoms with van der Waals surface area (Å²) in [7, 11) is 0. The van der Waals surface area contributed by atoms with Gasteiger partial charge in [-0.2, -0.15) is 0 Å². The van der Waals surface area contributed by atoms with E-state index in [1.807, 2.05) is 11.8 Å². The van der Waals surface area contributed by atoms with Crippen molar-refractivity contribution in [3.63, 3.8) is 0 Å². The molecule has 1 aromatic rings. The van der Waals surface area contributed by atoms with Gasteiger partial charge in [-0.15, -0.1) is 11.8 Å². The molecule has 0 aliphatic carbocycles. The van der Waals surface area contributed by atoms with E-state index < -0.39 is 0 Å². The molecule has 0 amide bonds. The summed E-state index contributed by atoms with van der Waals surface area (Å²) in [5.74, 6) is 0. The highest BCUT2D eigenvalue weighted by molar-refractivity contribution is 9.10. The van der Waals surface area contributed by atoms with Crippen molar-refractivity contribution in [2.75, 3.05) is 13.2 Å². The van der Waals surface area contributed by atoms with Crippen LogP contribution in [-0.2, 0) is 11.2 Å². The van der Waals surface area contributed by atoms with Gasteiger partial charge in [-0.25, -0.2) is 0 Å². The van der Waals surface area contributed by atoms with Gasteiger partial charge in [-0.1, -0.05) is 22.0 Å². The first-order valence-electron chi connectivity index (χ1n) is 6.43. The Hall–Kier alpha value is -0.0300. The minimum atomic E-state index is 0.209. The van der Waals surface area contributed by atoms with Crippen molar-refractivity contribution in [1.29, 1.82) is 0 Å². The van der Waals surface area contributed by atoms with Crippen molar-refractivity contribution in [3.8, 4) is 0 Å². The molecule has 2 rings (SSSR count). The molecular weight excluding hydrogens is 310 g/mol. The molecule has 100 valence electrons. The summed E-state index contributed by atoms with van der Waals surface area (Å²) in [6, 6.07) is 6.72. The lowest BCUT2D eigenvalue weighted by Gasteiger charge is -2.23. The first kappa shape index (κ1) is 14.4. The Labute approximate surface area is 122 Å². The number of ether oxygens (including phenoxy) is 1. The highest BCUT2D eigenvalue weighted by Gasteiger charge is 2.17. The fourth-order valence-corrected chi connectivity index (χ4v) is 3.92. The van der Waals surface area contributed by atoms with Gasteiger partial charge in [0.2, 0.25) is 0 Å². The lowest BCUT2D eigenvalue weighted by Crippen LogP contribution is -2.19. The molecule has 1 aliphatic rings. The van der Waals surface area contributed by atoms with Crippen LogP contribution in [0, 0.1) is 0 Å². The van der Waals surface area contributed by atoms with Crippen LogP contribution in [-0.4, -0.2) is 24.5 Å². The molecule has 1 aromatic carbocycles. The van der Waals surface area contributed by atoms with Crippen LogP contribution in [0.5, 0.6) is 0 Å². The Bertz CT molecular complexity index is 391. The SMILES string of the molecule is CC(N)Cc1ccc(Br)cc1SC1CCOCC1. The van der Waals surface area contributed by atoms with Gasteiger partial charge in [0.25, 0.3) is 0 Å². The van der Waals surface area contributed by atoms with Gasteiger partial charge in [-0.05, 0) is 43.9 Å². The topological polar surface area (TPSA) is 35.2 Å². The van der Waals surface area contributed by atoms with E-state index in [1.54, 1.807) is 0 Å². The zero-order chi connectivity index (χ0) is 13.0. The monoisotopic (exact) mass is 329 g/mol. The first-order valence-corrected chi connectivity index (χ1v) is 8.11. The predicted molar refractivity (Wildman–Crippen MR) is 81.2 cm³/mol. The second-order valence-electron chi connectivity index (χ2n) is 4.86. The number of thioether (sulfide) groups is 1. The Morgan fingerprint density at radius 3 is 2.83 bits per heavy atom. The molecular formula is C14H20BrNOS. The number of hydrogen-bond acceptors (Lipinski definition) is 3. The molecule has 1 atom stereocenters. The van der Waals surface area contributed by atoms with E-state index in [1.165, 1.54) is 10.5 Å². The molecule has 0 bridgehead atoms. The molecule has 18 heavy (non-hydrogen) atoms. The van der Waals surface area contributed by atoms with Crippen molar-refractivity contribution in [1.82, 2.24) is 0 Å². The lowest BCUT2D eigenvalue weighted by molar-refractivity contribution is 0.1000. The van der Waals surface area contributed by atoms with Crippen LogP contribution in [0.15, 0.2) is 27.6 Å². The van der Waals surface area contributed by atoms with Crippen molar-refractivity contribution in [2.24, 2.45) is 5.73 Å². The molecule has 2 nitrogen and oxygen atoms in total. The van der Waals surface area contributed by atoms with Gasteiger partial charge in [0.1, 0.15) is 0 Å². The Morgan fingerprint density at radius 2 is 2.17 bits per heavy atom. The lowest BCUT2D eigenvalue weighted by atomic mass is 10.1. The van der Waals surface area contributed by atoms with E-state index in [9.17, 15) is 0 Å². The van der Waals surface area contributed by atoms with Crippen LogP contribution in [0.4, 0.5) is 0 Å². The van der Waals surface area contributed by atoms with Crippen molar-refractivity contribution >= 4 is 27.7 Å². The number of nitrogens with two attached hydrogens (primary N) is 1. The Morgan fingerprint density at radius 1 is 1.44 bits per heavy atom. The average molecular weight is 330 g/mol. The molecule has 1 aliphatic heterocycles. The van der Waals surface area contributed by atoms with Crippen LogP contribution in [0.2, 0.25) is 0 Å². The fraction of sp³-hybridized carbons (Fsp3) is 0.571. The van der Waals surface area contributed by atoms with Gasteiger partial charge in [0.15, 0.2) is 0 Å². The normalized spacial score (nSPS) is 18.8. The second kappa shape index (κ2) is 6.94. The predicted octanol–water partition coefficient (Wildman–Crippen LogP) is 3.61. The minimum absolute atomic E-state index is 0.209. The van der Waals surface area contributed by atoms with Crippen molar-refractivity contribution < 1.29 is 4.74 Å². The molecule has 0 spiro atoms. The first-order chi connectivity index (χ1) is 8.65. The highest BCUT2D eigenvalue weighted by Crippen LogP contribution is 2.34. The van der Waals surface area contributed by atoms with Gasteiger partial charge >= 0.3 is 0 Å². The maximum Gasteiger partial charge on any atom is 0.0476 e. The van der Waals surface area contributed by atoms with E-state index in [-0.39, 0.29) is 6.04 Å². The smallest absolute Gasteiger partial charge is 0.0476 e. The summed E-state index contributed by atoms with van der Waals surface area (Å²) in [5, 5.41) is 0.680. The van der Waals surface area contributed by atoms with Gasteiger partial charge in [0.05, 0.1) is 0 Å². The van der Waals surface area contributed by atoms with Gasteiger partial charge < -0.3 is 10.5 Å². The van der Waals surface area contributed by atoms with Gasteiger partial charge in [0, 0.05) is 33.9 Å². The quantitative estimate of drug-likeness (QED) is 0.916. The molecule has 1 unspecified atom stereocenters. The third kappa shape index (κ3) is 4.26. The molecule has 0 radical (unpaired) electrons. The van der Waals surface area contributed by atoms with Crippen LogP contribution in [0.25, 0.3) is 0 Å². The summed E-state index contributed by atoms with van der Waals surface area (Å²) in [5.41, 5.74) is 7.29. The van der Waals surface area contributed by atoms with Crippen molar-refractivity contribution in [3.05, 3.63) is 28.2 Å². The van der Waals surface area contributed by atoms with Crippen LogP contribution >= 0.6 is 27.7 Å². The zero-order valence-corrected chi connectivity index (χ0v) is 13.1. The minimum Gasteiger partial charge on any atom is -0.381 e. The summed E-state index contributed by atoms with van der Waals surface area (Å²) in [4.78, 5) is 1.37. The molecule has 1 saturated heterocycles. The summed E-state index contributed by atoms with van der Waals surface area (Å²) < 4.78 is 6.56. The van der Waals surface area contributed by atoms with Crippen molar-refractivity contribution in [2.45, 2.75) is 42.4 Å². The molecule has 0 saturated carbocycles. The van der Waals surface area contributed by atoms with Crippen LogP contribution in [0.1, 0.15) is 25.3 Å². The standard InChI is InChI=1S/C14H20BrNOS/c1-10(16)8-11-2-3-12(15)9-14(11)18-13-4-6-17-7-5-13/h2-3,9-10,13H,4-8,16H2,1H3. The molecule has 4 heteroatoms. The second-order valence-corrected chi connectivity index (χ2v) is 7.12. The summed E-state index contributed by atoms with van der Waals surface area (Å²) >= 11 is 5.54. The molecule has 0 aromatic heterocycles. The third-order valence-electron chi connectivity index (χ3n) is 3.03. The Kier molecular flexibility index (Phi) is 5.55. The summed E-state index contributed by atoms with van der Waals surface area (Å²) in [6.45, 7) is 3.85. The van der Waals surface area contributed by atoms with Crippen LogP contribution in [0.3, 0.4) is 0 Å². The molecule has 2 N–H and O–H groups in total. The number of rotatable bonds is 4. The third-order valence-corrected chi connectivity index (χ3v) is 4.97. The zero-order valence-electron chi connectivity index (χ0n) is 10.7. The number of hydrogen-bond donors (Lipinski definition) is 1. The van der Waals surface area contributed by atoms with E-state index in [4.69, 9.17) is 10.5 Å². The van der Waals surface area contributed by atoms with Gasteiger partial charge in [-0.3, -0.25) is 0 Å². The van der Waals surface area contributed by atoms with E-state index in [0.29, 0.717) is 5.25 Å². The number of halogens is 1. The maximum atomic E-state index is 5.92. The highest BCUT2D eigenvalue weighted by atomic mass is 79.9. The largest absolute Gasteiger partial charge is 0.381 e. The number of benzene rings is 1. The average Bonchev–Trinajstić information content (AvgIpc) is 2.33. The van der Waals surface area contributed by atoms with E-state index >= 15 is 0 Å². The Balaban J connectivity index is 2.10. The fourth-order valence-electron chi connectivity index (χ4n) is 2.13.